The molecule has 15 heavy (non-hydrogen) atoms. The molecule has 1 heterocycles. The Morgan fingerprint density at radius 1 is 1.27 bits per heavy atom. The van der Waals surface area contributed by atoms with Crippen LogP contribution in [0, 0.1) is 0 Å². The van der Waals surface area contributed by atoms with Crippen molar-refractivity contribution in [3.8, 4) is 0 Å². The van der Waals surface area contributed by atoms with E-state index in [-0.39, 0.29) is 6.10 Å². The summed E-state index contributed by atoms with van der Waals surface area (Å²) in [5.74, 6) is 0. The van der Waals surface area contributed by atoms with Crippen LogP contribution in [0.1, 0.15) is 51.9 Å². The minimum atomic E-state index is 0.224. The van der Waals surface area contributed by atoms with E-state index in [0.29, 0.717) is 6.10 Å². The lowest BCUT2D eigenvalue weighted by Gasteiger charge is -2.20. The van der Waals surface area contributed by atoms with Crippen molar-refractivity contribution >= 4 is 0 Å². The first kappa shape index (κ1) is 11.0. The lowest BCUT2D eigenvalue weighted by molar-refractivity contribution is -0.000751. The third kappa shape index (κ3) is 3.23. The van der Waals surface area contributed by atoms with Crippen molar-refractivity contribution in [2.45, 2.75) is 64.1 Å². The molecule has 2 aliphatic rings. The first-order valence-corrected chi connectivity index (χ1v) is 6.31. The molecule has 1 aliphatic heterocycles. The SMILES string of the molecule is CC(OC=C1CCCCC1)C1CCCO1. The van der Waals surface area contributed by atoms with Crippen LogP contribution in [-0.2, 0) is 9.47 Å². The van der Waals surface area contributed by atoms with Crippen LogP contribution in [0.5, 0.6) is 0 Å². The fourth-order valence-corrected chi connectivity index (χ4v) is 2.39. The van der Waals surface area contributed by atoms with Gasteiger partial charge in [-0.2, -0.15) is 0 Å². The monoisotopic (exact) mass is 210 g/mol. The molecule has 0 amide bonds. The van der Waals surface area contributed by atoms with Crippen LogP contribution in [0.3, 0.4) is 0 Å². The molecule has 2 fully saturated rings. The molecule has 1 aliphatic carbocycles. The molecule has 1 saturated carbocycles. The number of rotatable bonds is 3. The number of allylic oxidation sites excluding steroid dienone is 1. The van der Waals surface area contributed by atoms with E-state index >= 15 is 0 Å². The van der Waals surface area contributed by atoms with E-state index < -0.39 is 0 Å². The van der Waals surface area contributed by atoms with E-state index in [1.54, 1.807) is 0 Å². The predicted molar refractivity (Wildman–Crippen MR) is 60.7 cm³/mol. The van der Waals surface area contributed by atoms with E-state index in [4.69, 9.17) is 9.47 Å². The zero-order valence-corrected chi connectivity index (χ0v) is 9.71. The van der Waals surface area contributed by atoms with Crippen molar-refractivity contribution in [1.82, 2.24) is 0 Å². The number of ether oxygens (including phenoxy) is 2. The van der Waals surface area contributed by atoms with Crippen molar-refractivity contribution in [1.29, 1.82) is 0 Å². The molecule has 2 unspecified atom stereocenters. The lowest BCUT2D eigenvalue weighted by atomic mass is 9.96. The molecule has 86 valence electrons. The van der Waals surface area contributed by atoms with Gasteiger partial charge < -0.3 is 9.47 Å². The summed E-state index contributed by atoms with van der Waals surface area (Å²) in [6, 6.07) is 0. The third-order valence-corrected chi connectivity index (χ3v) is 3.43. The van der Waals surface area contributed by atoms with Gasteiger partial charge in [-0.05, 0) is 51.0 Å². The second-order valence-electron chi connectivity index (χ2n) is 4.73. The van der Waals surface area contributed by atoms with Crippen molar-refractivity contribution in [2.75, 3.05) is 6.61 Å². The third-order valence-electron chi connectivity index (χ3n) is 3.43. The highest BCUT2D eigenvalue weighted by Crippen LogP contribution is 2.24. The largest absolute Gasteiger partial charge is 0.496 e. The highest BCUT2D eigenvalue weighted by molar-refractivity contribution is 5.00. The first-order chi connectivity index (χ1) is 7.36. The number of hydrogen-bond acceptors (Lipinski definition) is 2. The molecule has 2 heteroatoms. The molecule has 0 spiro atoms. The molecule has 0 radical (unpaired) electrons. The van der Waals surface area contributed by atoms with Gasteiger partial charge >= 0.3 is 0 Å². The molecule has 2 nitrogen and oxygen atoms in total. The van der Waals surface area contributed by atoms with E-state index in [1.165, 1.54) is 44.1 Å². The fraction of sp³-hybridized carbons (Fsp3) is 0.846. The molecular formula is C13H22O2. The Balaban J connectivity index is 1.75. The van der Waals surface area contributed by atoms with Crippen LogP contribution >= 0.6 is 0 Å². The van der Waals surface area contributed by atoms with Gasteiger partial charge in [0.25, 0.3) is 0 Å². The van der Waals surface area contributed by atoms with Crippen LogP contribution in [0.2, 0.25) is 0 Å². The minimum Gasteiger partial charge on any atom is -0.496 e. The topological polar surface area (TPSA) is 18.5 Å². The maximum atomic E-state index is 5.78. The van der Waals surface area contributed by atoms with Crippen LogP contribution in [0.4, 0.5) is 0 Å². The lowest BCUT2D eigenvalue weighted by Crippen LogP contribution is -2.23. The van der Waals surface area contributed by atoms with E-state index in [0.717, 1.165) is 13.0 Å². The molecule has 0 N–H and O–H groups in total. The van der Waals surface area contributed by atoms with Gasteiger partial charge in [-0.3, -0.25) is 0 Å². The molecular weight excluding hydrogens is 188 g/mol. The minimum absolute atomic E-state index is 0.224. The van der Waals surface area contributed by atoms with Gasteiger partial charge in [0, 0.05) is 6.61 Å². The summed E-state index contributed by atoms with van der Waals surface area (Å²) < 4.78 is 11.4. The summed E-state index contributed by atoms with van der Waals surface area (Å²) in [5, 5.41) is 0. The van der Waals surface area contributed by atoms with E-state index in [1.807, 2.05) is 6.26 Å². The molecule has 0 aromatic rings. The quantitative estimate of drug-likeness (QED) is 0.664. The van der Waals surface area contributed by atoms with Gasteiger partial charge in [0.05, 0.1) is 12.4 Å². The summed E-state index contributed by atoms with van der Waals surface area (Å²) in [5.41, 5.74) is 1.49. The second-order valence-corrected chi connectivity index (χ2v) is 4.73. The van der Waals surface area contributed by atoms with Gasteiger partial charge in [0.2, 0.25) is 0 Å². The highest BCUT2D eigenvalue weighted by Gasteiger charge is 2.22. The maximum Gasteiger partial charge on any atom is 0.121 e. The summed E-state index contributed by atoms with van der Waals surface area (Å²) >= 11 is 0. The summed E-state index contributed by atoms with van der Waals surface area (Å²) in [6.07, 6.45) is 11.4. The molecule has 0 aromatic carbocycles. The summed E-state index contributed by atoms with van der Waals surface area (Å²) in [6.45, 7) is 3.03. The fourth-order valence-electron chi connectivity index (χ4n) is 2.39. The Labute approximate surface area is 92.6 Å². The van der Waals surface area contributed by atoms with Gasteiger partial charge in [-0.1, -0.05) is 6.42 Å². The average Bonchev–Trinajstić information content (AvgIpc) is 2.81. The van der Waals surface area contributed by atoms with Gasteiger partial charge in [0.1, 0.15) is 6.10 Å². The highest BCUT2D eigenvalue weighted by atomic mass is 16.5. The smallest absolute Gasteiger partial charge is 0.121 e. The summed E-state index contributed by atoms with van der Waals surface area (Å²) in [4.78, 5) is 0. The predicted octanol–water partition coefficient (Wildman–Crippen LogP) is 3.42. The number of hydrogen-bond donors (Lipinski definition) is 0. The zero-order chi connectivity index (χ0) is 10.5. The Hall–Kier alpha value is -0.500. The Morgan fingerprint density at radius 3 is 2.73 bits per heavy atom. The normalized spacial score (nSPS) is 28.9. The van der Waals surface area contributed by atoms with E-state index in [9.17, 15) is 0 Å². The van der Waals surface area contributed by atoms with Crippen molar-refractivity contribution < 1.29 is 9.47 Å². The van der Waals surface area contributed by atoms with Gasteiger partial charge in [0.15, 0.2) is 0 Å². The van der Waals surface area contributed by atoms with Crippen LogP contribution < -0.4 is 0 Å². The van der Waals surface area contributed by atoms with E-state index in [2.05, 4.69) is 6.92 Å². The molecule has 1 saturated heterocycles. The van der Waals surface area contributed by atoms with Crippen molar-refractivity contribution in [3.63, 3.8) is 0 Å². The first-order valence-electron chi connectivity index (χ1n) is 6.31. The standard InChI is InChI=1S/C13H22O2/c1-11(13-8-5-9-14-13)15-10-12-6-3-2-4-7-12/h10-11,13H,2-9H2,1H3. The molecule has 2 rings (SSSR count). The Kier molecular flexibility index (Phi) is 4.07. The van der Waals surface area contributed by atoms with Crippen molar-refractivity contribution in [2.24, 2.45) is 0 Å². The zero-order valence-electron chi connectivity index (χ0n) is 9.71. The Morgan fingerprint density at radius 2 is 2.07 bits per heavy atom. The maximum absolute atomic E-state index is 5.78. The average molecular weight is 210 g/mol. The van der Waals surface area contributed by atoms with Crippen molar-refractivity contribution in [3.05, 3.63) is 11.8 Å². The summed E-state index contributed by atoms with van der Waals surface area (Å²) in [7, 11) is 0. The molecule has 0 bridgehead atoms. The van der Waals surface area contributed by atoms with Crippen LogP contribution in [0.25, 0.3) is 0 Å². The van der Waals surface area contributed by atoms with Gasteiger partial charge in [-0.15, -0.1) is 0 Å². The van der Waals surface area contributed by atoms with Gasteiger partial charge in [-0.25, -0.2) is 0 Å². The molecule has 2 atom stereocenters. The molecule has 0 aromatic heterocycles. The van der Waals surface area contributed by atoms with Crippen LogP contribution in [-0.4, -0.2) is 18.8 Å². The van der Waals surface area contributed by atoms with Crippen LogP contribution in [0.15, 0.2) is 11.8 Å². The Bertz CT molecular complexity index is 209. The second kappa shape index (κ2) is 5.55.